The number of carbonyl (C=O) groups is 1. The lowest BCUT2D eigenvalue weighted by atomic mass is 9.47. The van der Waals surface area contributed by atoms with Gasteiger partial charge in [0.2, 0.25) is 0 Å². The van der Waals surface area contributed by atoms with Gasteiger partial charge in [-0.15, -0.1) is 9.05 Å². The summed E-state index contributed by atoms with van der Waals surface area (Å²) in [6.07, 6.45) is 32.2. The summed E-state index contributed by atoms with van der Waals surface area (Å²) < 4.78 is 28.8. The standard InChI is InChI=1S/C45H80NO5P/c1-7-8-9-10-11-12-13-14-15-16-17-18-32-49-52(48)50-33-20-31-46-43(47)51-38-27-29-44(5)37(34-38)23-24-39-41-26-25-40(36(4)22-19-21-35(2)3)45(41,6)30-28-42(39)44/h23,35-36,38-42H,7-22,24-34H2,1-6H3/p+1/t36-,38?,39+,40-,41+,42+,44+,45-/m1/s1. The number of carbonyl (C=O) groups excluding carboxylic acids is 1. The number of allylic oxidation sites excluding steroid dienone is 1. The van der Waals surface area contributed by atoms with Gasteiger partial charge in [0.25, 0.3) is 0 Å². The summed E-state index contributed by atoms with van der Waals surface area (Å²) in [5.74, 6) is 5.01. The largest absolute Gasteiger partial charge is 0.697 e. The third-order valence-electron chi connectivity index (χ3n) is 14.5. The lowest BCUT2D eigenvalue weighted by molar-refractivity contribution is -0.0581. The number of fused-ring (bicyclic) bond motifs is 5. The van der Waals surface area contributed by atoms with Crippen LogP contribution in [0.25, 0.3) is 0 Å². The Hall–Kier alpha value is -0.970. The summed E-state index contributed by atoms with van der Waals surface area (Å²) in [6, 6.07) is 0. The average molecular weight is 747 g/mol. The smallest absolute Gasteiger partial charge is 0.446 e. The van der Waals surface area contributed by atoms with E-state index in [0.717, 1.165) is 67.6 Å². The van der Waals surface area contributed by atoms with E-state index in [2.05, 4.69) is 52.9 Å². The molecule has 6 nitrogen and oxygen atoms in total. The van der Waals surface area contributed by atoms with Gasteiger partial charge in [-0.25, -0.2) is 4.79 Å². The molecule has 3 fully saturated rings. The van der Waals surface area contributed by atoms with Crippen LogP contribution < -0.4 is 5.32 Å². The van der Waals surface area contributed by atoms with Gasteiger partial charge in [-0.3, -0.25) is 0 Å². The predicted molar refractivity (Wildman–Crippen MR) is 217 cm³/mol. The highest BCUT2D eigenvalue weighted by Crippen LogP contribution is 2.67. The number of hydrogen-bond donors (Lipinski definition) is 1. The summed E-state index contributed by atoms with van der Waals surface area (Å²) >= 11 is 0. The number of ether oxygens (including phenoxy) is 1. The predicted octanol–water partition coefficient (Wildman–Crippen LogP) is 13.9. The highest BCUT2D eigenvalue weighted by atomic mass is 31.1. The van der Waals surface area contributed by atoms with Gasteiger partial charge >= 0.3 is 14.3 Å². The van der Waals surface area contributed by atoms with Crippen molar-refractivity contribution >= 4 is 14.3 Å². The Morgan fingerprint density at radius 3 is 2.13 bits per heavy atom. The molecule has 9 atom stereocenters. The third kappa shape index (κ3) is 12.8. The SMILES string of the molecule is CCCCCCCCCCCCCCO[P+](=O)OCCCNC(=O)OC1CC[C@@]2(C)C(=CC[C@H]3[C@@H]4CC[C@H]([C@H](C)CCCC(C)C)[C@@]4(C)CC[C@@H]32)C1. The van der Waals surface area contributed by atoms with Crippen LogP contribution in [0.4, 0.5) is 4.79 Å². The lowest BCUT2D eigenvalue weighted by Gasteiger charge is -2.58. The van der Waals surface area contributed by atoms with Crippen molar-refractivity contribution in [2.45, 2.75) is 202 Å². The van der Waals surface area contributed by atoms with E-state index in [9.17, 15) is 9.36 Å². The van der Waals surface area contributed by atoms with Gasteiger partial charge < -0.3 is 10.1 Å². The maximum absolute atomic E-state index is 12.7. The maximum Gasteiger partial charge on any atom is 0.697 e. The number of unbranched alkanes of at least 4 members (excludes halogenated alkanes) is 11. The van der Waals surface area contributed by atoms with Gasteiger partial charge in [0.15, 0.2) is 0 Å². The number of alkyl carbamates (subject to hydrolysis) is 1. The van der Waals surface area contributed by atoms with Crippen molar-refractivity contribution in [1.82, 2.24) is 5.32 Å². The molecule has 52 heavy (non-hydrogen) atoms. The minimum absolute atomic E-state index is 0.0493. The van der Waals surface area contributed by atoms with Crippen molar-refractivity contribution in [3.63, 3.8) is 0 Å². The normalized spacial score (nSPS) is 30.6. The van der Waals surface area contributed by atoms with Crippen molar-refractivity contribution in [1.29, 1.82) is 0 Å². The number of hydrogen-bond acceptors (Lipinski definition) is 5. The first-order valence-electron chi connectivity index (χ1n) is 22.5. The first-order valence-corrected chi connectivity index (χ1v) is 23.5. The quantitative estimate of drug-likeness (QED) is 0.0572. The Labute approximate surface area is 321 Å². The number of rotatable bonds is 25. The Balaban J connectivity index is 1.05. The molecule has 0 aromatic rings. The highest BCUT2D eigenvalue weighted by Gasteiger charge is 2.59. The second-order valence-corrected chi connectivity index (χ2v) is 19.6. The van der Waals surface area contributed by atoms with E-state index in [1.165, 1.54) is 116 Å². The van der Waals surface area contributed by atoms with Crippen molar-refractivity contribution < 1.29 is 23.1 Å². The molecule has 300 valence electrons. The second-order valence-electron chi connectivity index (χ2n) is 18.6. The molecule has 0 bridgehead atoms. The van der Waals surface area contributed by atoms with Gasteiger partial charge in [-0.05, 0) is 104 Å². The first-order chi connectivity index (χ1) is 25.1. The zero-order valence-electron chi connectivity index (χ0n) is 34.7. The van der Waals surface area contributed by atoms with E-state index in [1.807, 2.05) is 0 Å². The molecule has 4 rings (SSSR count). The van der Waals surface area contributed by atoms with Gasteiger partial charge in [0.1, 0.15) is 19.3 Å². The second kappa shape index (κ2) is 22.6. The molecule has 0 spiro atoms. The van der Waals surface area contributed by atoms with Gasteiger partial charge in [-0.1, -0.05) is 143 Å². The summed E-state index contributed by atoms with van der Waals surface area (Å²) in [5, 5.41) is 2.89. The Morgan fingerprint density at radius 2 is 1.46 bits per heavy atom. The molecular formula is C45H81NO5P+. The minimum Gasteiger partial charge on any atom is -0.446 e. The molecule has 1 N–H and O–H groups in total. The van der Waals surface area contributed by atoms with Crippen molar-refractivity contribution in [3.8, 4) is 0 Å². The van der Waals surface area contributed by atoms with E-state index >= 15 is 0 Å². The molecule has 0 aromatic carbocycles. The molecule has 0 aliphatic heterocycles. The molecule has 0 aromatic heterocycles. The Kier molecular flexibility index (Phi) is 19.0. The molecule has 7 heteroatoms. The first kappa shape index (κ1) is 43.8. The van der Waals surface area contributed by atoms with Crippen LogP contribution in [0.1, 0.15) is 196 Å². The minimum atomic E-state index is -2.10. The number of nitrogens with one attached hydrogen (secondary N) is 1. The van der Waals surface area contributed by atoms with Crippen molar-refractivity contribution in [3.05, 3.63) is 11.6 Å². The summed E-state index contributed by atoms with van der Waals surface area (Å²) in [4.78, 5) is 12.7. The van der Waals surface area contributed by atoms with Crippen LogP contribution >= 0.6 is 8.25 Å². The summed E-state index contributed by atoms with van der Waals surface area (Å²) in [6.45, 7) is 16.0. The Morgan fingerprint density at radius 1 is 0.808 bits per heavy atom. The molecule has 4 aliphatic rings. The monoisotopic (exact) mass is 747 g/mol. The molecule has 0 saturated heterocycles. The fourth-order valence-electron chi connectivity index (χ4n) is 11.5. The van der Waals surface area contributed by atoms with Crippen LogP contribution in [0.2, 0.25) is 0 Å². The molecule has 2 unspecified atom stereocenters. The van der Waals surface area contributed by atoms with E-state index in [0.29, 0.717) is 31.6 Å². The molecule has 0 radical (unpaired) electrons. The van der Waals surface area contributed by atoms with E-state index in [4.69, 9.17) is 13.8 Å². The van der Waals surface area contributed by atoms with E-state index < -0.39 is 8.25 Å². The zero-order valence-corrected chi connectivity index (χ0v) is 35.6. The van der Waals surface area contributed by atoms with Crippen LogP contribution in [0.5, 0.6) is 0 Å². The fourth-order valence-corrected chi connectivity index (χ4v) is 12.1. The number of amides is 1. The van der Waals surface area contributed by atoms with Gasteiger partial charge in [-0.2, -0.15) is 0 Å². The van der Waals surface area contributed by atoms with Crippen LogP contribution in [0.15, 0.2) is 11.6 Å². The zero-order chi connectivity index (χ0) is 37.4. The molecule has 4 aliphatic carbocycles. The maximum atomic E-state index is 12.7. The summed E-state index contributed by atoms with van der Waals surface area (Å²) in [5.41, 5.74) is 2.32. The van der Waals surface area contributed by atoms with Crippen LogP contribution in [0, 0.1) is 46.3 Å². The van der Waals surface area contributed by atoms with Crippen molar-refractivity contribution in [2.75, 3.05) is 19.8 Å². The van der Waals surface area contributed by atoms with Crippen LogP contribution in [-0.4, -0.2) is 32.0 Å². The van der Waals surface area contributed by atoms with Crippen molar-refractivity contribution in [2.24, 2.45) is 46.3 Å². The van der Waals surface area contributed by atoms with Gasteiger partial charge in [0, 0.05) is 17.5 Å². The third-order valence-corrected chi connectivity index (χ3v) is 15.3. The lowest BCUT2D eigenvalue weighted by Crippen LogP contribution is -2.51. The van der Waals surface area contributed by atoms with E-state index in [-0.39, 0.29) is 17.6 Å². The summed E-state index contributed by atoms with van der Waals surface area (Å²) in [7, 11) is -2.10. The molecule has 3 saturated carbocycles. The van der Waals surface area contributed by atoms with Crippen LogP contribution in [0.3, 0.4) is 0 Å². The highest BCUT2D eigenvalue weighted by molar-refractivity contribution is 7.33. The van der Waals surface area contributed by atoms with Gasteiger partial charge in [0.05, 0.1) is 0 Å². The topological polar surface area (TPSA) is 73.9 Å². The molecule has 1 amide bonds. The Bertz CT molecular complexity index is 1100. The molecule has 0 heterocycles. The van der Waals surface area contributed by atoms with Crippen LogP contribution in [-0.2, 0) is 18.3 Å². The fraction of sp³-hybridized carbons (Fsp3) is 0.933. The average Bonchev–Trinajstić information content (AvgIpc) is 3.47. The molecular weight excluding hydrogens is 665 g/mol. The van der Waals surface area contributed by atoms with E-state index in [1.54, 1.807) is 5.57 Å².